The molecule has 6 rings (SSSR count). The summed E-state index contributed by atoms with van der Waals surface area (Å²) in [5, 5.41) is 0. The maximum absolute atomic E-state index is 6.63. The lowest BCUT2D eigenvalue weighted by Crippen LogP contribution is -2.38. The summed E-state index contributed by atoms with van der Waals surface area (Å²) >= 11 is 0. The summed E-state index contributed by atoms with van der Waals surface area (Å²) in [7, 11) is 0. The van der Waals surface area contributed by atoms with Crippen molar-refractivity contribution in [3.05, 3.63) is 215 Å². The molecular formula is C46H42O4. The molecule has 0 unspecified atom stereocenters. The first-order chi connectivity index (χ1) is 24.3. The Bertz CT molecular complexity index is 1640. The Morgan fingerprint density at radius 3 is 0.640 bits per heavy atom. The molecule has 0 aliphatic rings. The van der Waals surface area contributed by atoms with Crippen molar-refractivity contribution in [3.8, 4) is 11.8 Å². The Kier molecular flexibility index (Phi) is 10.4. The zero-order chi connectivity index (χ0) is 34.9. The van der Waals surface area contributed by atoms with Crippen molar-refractivity contribution in [1.82, 2.24) is 0 Å². The van der Waals surface area contributed by atoms with Gasteiger partial charge in [0.1, 0.15) is 0 Å². The third kappa shape index (κ3) is 7.48. The molecule has 0 saturated heterocycles. The van der Waals surface area contributed by atoms with Crippen LogP contribution in [0.5, 0.6) is 0 Å². The van der Waals surface area contributed by atoms with Crippen molar-refractivity contribution in [2.24, 2.45) is 0 Å². The molecule has 0 amide bonds. The van der Waals surface area contributed by atoms with Gasteiger partial charge in [-0.2, -0.15) is 0 Å². The average molecular weight is 659 g/mol. The Balaban J connectivity index is 1.31. The fraction of sp³-hybridized carbons (Fsp3) is 0.174. The zero-order valence-electron chi connectivity index (χ0n) is 29.0. The van der Waals surface area contributed by atoms with Crippen molar-refractivity contribution in [2.45, 2.75) is 50.1 Å². The van der Waals surface area contributed by atoms with E-state index in [1.54, 1.807) is 0 Å². The molecule has 0 bridgehead atoms. The molecule has 0 radical (unpaired) electrons. The summed E-state index contributed by atoms with van der Waals surface area (Å²) in [5.41, 5.74) is 1.37. The lowest BCUT2D eigenvalue weighted by atomic mass is 9.80. The van der Waals surface area contributed by atoms with Gasteiger partial charge >= 0.3 is 0 Å². The second kappa shape index (κ2) is 15.1. The van der Waals surface area contributed by atoms with Gasteiger partial charge in [-0.25, -0.2) is 19.6 Å². The SMILES string of the molecule is CC(C)(C#CC(C)(C)OOC(c1ccccc1)(c1ccccc1)c1ccccc1)OOC(c1ccccc1)(c1ccccc1)c1ccccc1. The summed E-state index contributed by atoms with van der Waals surface area (Å²) in [6, 6.07) is 60.6. The van der Waals surface area contributed by atoms with Crippen LogP contribution in [-0.2, 0) is 30.8 Å². The Labute approximate surface area is 296 Å². The van der Waals surface area contributed by atoms with Crippen LogP contribution < -0.4 is 0 Å². The standard InChI is InChI=1S/C46H42O4/c1-43(2,47-49-45(37-23-11-5-12-24-37,38-25-13-6-14-26-38)39-27-15-7-16-28-39)35-36-44(3,4)48-50-46(40-29-17-8-18-30-40,41-31-19-9-20-32-41)42-33-21-10-22-34-42/h5-34H,1-4H3. The Hall–Kier alpha value is -5.28. The van der Waals surface area contributed by atoms with Crippen molar-refractivity contribution in [1.29, 1.82) is 0 Å². The van der Waals surface area contributed by atoms with Crippen LogP contribution in [0.1, 0.15) is 61.1 Å². The van der Waals surface area contributed by atoms with Gasteiger partial charge in [-0.05, 0) is 61.1 Å². The van der Waals surface area contributed by atoms with Crippen LogP contribution in [0, 0.1) is 11.8 Å². The molecule has 0 aliphatic heterocycles. The predicted molar refractivity (Wildman–Crippen MR) is 199 cm³/mol. The third-order valence-electron chi connectivity index (χ3n) is 8.50. The first-order valence-corrected chi connectivity index (χ1v) is 16.9. The smallest absolute Gasteiger partial charge is 0.179 e. The van der Waals surface area contributed by atoms with E-state index in [4.69, 9.17) is 19.6 Å². The minimum absolute atomic E-state index is 0.928. The molecule has 0 aromatic heterocycles. The van der Waals surface area contributed by atoms with E-state index in [0.29, 0.717) is 0 Å². The van der Waals surface area contributed by atoms with Crippen LogP contribution in [0.2, 0.25) is 0 Å². The van der Waals surface area contributed by atoms with Crippen molar-refractivity contribution in [2.75, 3.05) is 0 Å². The van der Waals surface area contributed by atoms with E-state index >= 15 is 0 Å². The van der Waals surface area contributed by atoms with Gasteiger partial charge in [-0.15, -0.1) is 0 Å². The van der Waals surface area contributed by atoms with Crippen LogP contribution in [0.25, 0.3) is 0 Å². The first kappa shape index (κ1) is 34.6. The monoisotopic (exact) mass is 658 g/mol. The maximum atomic E-state index is 6.63. The first-order valence-electron chi connectivity index (χ1n) is 16.9. The van der Waals surface area contributed by atoms with Crippen LogP contribution in [0.15, 0.2) is 182 Å². The van der Waals surface area contributed by atoms with E-state index in [0.717, 1.165) is 33.4 Å². The maximum Gasteiger partial charge on any atom is 0.179 e. The molecule has 0 fully saturated rings. The number of hydrogen-bond acceptors (Lipinski definition) is 4. The molecule has 6 aromatic rings. The third-order valence-corrected chi connectivity index (χ3v) is 8.50. The lowest BCUT2D eigenvalue weighted by molar-refractivity contribution is -0.384. The van der Waals surface area contributed by atoms with E-state index in [-0.39, 0.29) is 0 Å². The van der Waals surface area contributed by atoms with E-state index in [2.05, 4.69) is 84.6 Å². The molecule has 0 spiro atoms. The van der Waals surface area contributed by atoms with Gasteiger partial charge in [-0.3, -0.25) is 0 Å². The highest BCUT2D eigenvalue weighted by Gasteiger charge is 2.42. The number of hydrogen-bond donors (Lipinski definition) is 0. The van der Waals surface area contributed by atoms with Gasteiger partial charge in [0.05, 0.1) is 0 Å². The molecule has 4 heteroatoms. The second-order valence-electron chi connectivity index (χ2n) is 13.2. The normalized spacial score (nSPS) is 12.2. The molecule has 250 valence electrons. The van der Waals surface area contributed by atoms with Crippen LogP contribution in [0.3, 0.4) is 0 Å². The predicted octanol–water partition coefficient (Wildman–Crippen LogP) is 10.4. The molecule has 4 nitrogen and oxygen atoms in total. The molecule has 0 atom stereocenters. The molecule has 6 aromatic carbocycles. The minimum Gasteiger partial charge on any atom is -0.216 e. The Morgan fingerprint density at radius 1 is 0.280 bits per heavy atom. The molecule has 0 aliphatic carbocycles. The Morgan fingerprint density at radius 2 is 0.460 bits per heavy atom. The quantitative estimate of drug-likeness (QED) is 0.0568. The summed E-state index contributed by atoms with van der Waals surface area (Å²) in [4.78, 5) is 25.9. The molecule has 50 heavy (non-hydrogen) atoms. The zero-order valence-corrected chi connectivity index (χ0v) is 29.0. The van der Waals surface area contributed by atoms with Gasteiger partial charge in [0.2, 0.25) is 0 Å². The lowest BCUT2D eigenvalue weighted by Gasteiger charge is -2.36. The van der Waals surface area contributed by atoms with E-state index in [1.807, 2.05) is 137 Å². The van der Waals surface area contributed by atoms with Crippen LogP contribution in [0.4, 0.5) is 0 Å². The summed E-state index contributed by atoms with van der Waals surface area (Å²) in [6.07, 6.45) is 0. The molecule has 0 heterocycles. The van der Waals surface area contributed by atoms with Gasteiger partial charge < -0.3 is 0 Å². The fourth-order valence-electron chi connectivity index (χ4n) is 6.00. The van der Waals surface area contributed by atoms with Gasteiger partial charge in [0.25, 0.3) is 0 Å². The van der Waals surface area contributed by atoms with Crippen molar-refractivity contribution >= 4 is 0 Å². The van der Waals surface area contributed by atoms with Crippen LogP contribution in [-0.4, -0.2) is 11.2 Å². The van der Waals surface area contributed by atoms with Gasteiger partial charge in [0.15, 0.2) is 22.4 Å². The van der Waals surface area contributed by atoms with Gasteiger partial charge in [0, 0.05) is 0 Å². The largest absolute Gasteiger partial charge is 0.216 e. The average Bonchev–Trinajstić information content (AvgIpc) is 3.17. The summed E-state index contributed by atoms with van der Waals surface area (Å²) in [6.45, 7) is 7.52. The van der Waals surface area contributed by atoms with Gasteiger partial charge in [-0.1, -0.05) is 194 Å². The minimum atomic E-state index is -1.06. The summed E-state index contributed by atoms with van der Waals surface area (Å²) < 4.78 is 0. The van der Waals surface area contributed by atoms with Crippen LogP contribution >= 0.6 is 0 Å². The highest BCUT2D eigenvalue weighted by atomic mass is 17.2. The highest BCUT2D eigenvalue weighted by molar-refractivity contribution is 5.48. The topological polar surface area (TPSA) is 36.9 Å². The number of rotatable bonds is 12. The second-order valence-corrected chi connectivity index (χ2v) is 13.2. The van der Waals surface area contributed by atoms with Crippen molar-refractivity contribution < 1.29 is 19.6 Å². The van der Waals surface area contributed by atoms with E-state index in [9.17, 15) is 0 Å². The molecule has 0 saturated carbocycles. The fourth-order valence-corrected chi connectivity index (χ4v) is 6.00. The van der Waals surface area contributed by atoms with E-state index in [1.165, 1.54) is 0 Å². The molecule has 0 N–H and O–H groups in total. The molecular weight excluding hydrogens is 617 g/mol. The van der Waals surface area contributed by atoms with E-state index < -0.39 is 22.4 Å². The number of benzene rings is 6. The summed E-state index contributed by atoms with van der Waals surface area (Å²) in [5.74, 6) is 6.56. The van der Waals surface area contributed by atoms with Crippen molar-refractivity contribution in [3.63, 3.8) is 0 Å². The highest BCUT2D eigenvalue weighted by Crippen LogP contribution is 2.43.